The summed E-state index contributed by atoms with van der Waals surface area (Å²) in [6.45, 7) is 8.03. The van der Waals surface area contributed by atoms with E-state index < -0.39 is 0 Å². The summed E-state index contributed by atoms with van der Waals surface area (Å²) in [4.78, 5) is 5.89. The molecule has 2 fully saturated rings. The van der Waals surface area contributed by atoms with E-state index in [9.17, 15) is 0 Å². The van der Waals surface area contributed by atoms with Gasteiger partial charge in [-0.1, -0.05) is 13.3 Å². The molecule has 0 aliphatic carbocycles. The van der Waals surface area contributed by atoms with Gasteiger partial charge >= 0.3 is 0 Å². The summed E-state index contributed by atoms with van der Waals surface area (Å²) in [5.41, 5.74) is 0. The summed E-state index contributed by atoms with van der Waals surface area (Å²) < 4.78 is 0. The van der Waals surface area contributed by atoms with Crippen molar-refractivity contribution in [1.29, 1.82) is 0 Å². The molecule has 1 aromatic rings. The normalized spacial score (nSPS) is 31.3. The lowest BCUT2D eigenvalue weighted by atomic mass is 9.80. The van der Waals surface area contributed by atoms with Gasteiger partial charge in [0.15, 0.2) is 0 Å². The largest absolute Gasteiger partial charge is 0.314 e. The second-order valence-corrected chi connectivity index (χ2v) is 8.35. The molecule has 2 nitrogen and oxygen atoms in total. The van der Waals surface area contributed by atoms with Crippen LogP contribution in [0.4, 0.5) is 0 Å². The van der Waals surface area contributed by atoms with Gasteiger partial charge in [0.1, 0.15) is 0 Å². The Labute approximate surface area is 133 Å². The molecule has 3 atom stereocenters. The smallest absolute Gasteiger partial charge is 0.0121 e. The topological polar surface area (TPSA) is 15.3 Å². The maximum atomic E-state index is 3.70. The molecular weight excluding hydrogens is 276 g/mol. The lowest BCUT2D eigenvalue weighted by Crippen LogP contribution is -2.59. The van der Waals surface area contributed by atoms with E-state index >= 15 is 0 Å². The summed E-state index contributed by atoms with van der Waals surface area (Å²) in [5.74, 6) is 0. The van der Waals surface area contributed by atoms with E-state index in [-0.39, 0.29) is 0 Å². The van der Waals surface area contributed by atoms with Crippen molar-refractivity contribution in [1.82, 2.24) is 10.2 Å². The molecule has 1 aromatic heterocycles. The van der Waals surface area contributed by atoms with Crippen LogP contribution in [0, 0.1) is 6.92 Å². The van der Waals surface area contributed by atoms with Crippen LogP contribution in [-0.2, 0) is 6.42 Å². The van der Waals surface area contributed by atoms with Crippen LogP contribution in [0.5, 0.6) is 0 Å². The highest BCUT2D eigenvalue weighted by atomic mass is 32.1. The van der Waals surface area contributed by atoms with E-state index in [4.69, 9.17) is 0 Å². The second-order valence-electron chi connectivity index (χ2n) is 6.98. The quantitative estimate of drug-likeness (QED) is 0.885. The maximum absolute atomic E-state index is 3.70. The standard InChI is InChI=1S/C18H30N2S/c1-4-19-15-11-16-6-5-7-17(12-15)20(16)13(2)10-18-9-8-14(3)21-18/h8-9,13,15-17,19H,4-7,10-12H2,1-3H3. The molecule has 3 rings (SSSR count). The van der Waals surface area contributed by atoms with Gasteiger partial charge in [0, 0.05) is 33.9 Å². The molecular formula is C18H30N2S. The SMILES string of the molecule is CCNC1CC2CCCC(C1)N2C(C)Cc1ccc(C)s1. The number of piperidine rings is 2. The summed E-state index contributed by atoms with van der Waals surface area (Å²) >= 11 is 1.98. The Morgan fingerprint density at radius 1 is 1.29 bits per heavy atom. The fourth-order valence-electron chi connectivity index (χ4n) is 4.58. The Kier molecular flexibility index (Phi) is 5.03. The molecule has 3 heterocycles. The van der Waals surface area contributed by atoms with Crippen molar-refractivity contribution in [2.24, 2.45) is 0 Å². The molecule has 2 bridgehead atoms. The summed E-state index contributed by atoms with van der Waals surface area (Å²) in [7, 11) is 0. The van der Waals surface area contributed by atoms with Crippen LogP contribution in [0.3, 0.4) is 0 Å². The van der Waals surface area contributed by atoms with E-state index in [0.717, 1.165) is 24.7 Å². The van der Waals surface area contributed by atoms with E-state index in [1.54, 1.807) is 4.88 Å². The average molecular weight is 307 g/mol. The average Bonchev–Trinajstić information content (AvgIpc) is 2.83. The van der Waals surface area contributed by atoms with Gasteiger partial charge < -0.3 is 5.32 Å². The highest BCUT2D eigenvalue weighted by Gasteiger charge is 2.40. The highest BCUT2D eigenvalue weighted by Crippen LogP contribution is 2.36. The van der Waals surface area contributed by atoms with Crippen LogP contribution in [0.2, 0.25) is 0 Å². The first-order valence-corrected chi connectivity index (χ1v) is 9.55. The van der Waals surface area contributed by atoms with E-state index in [2.05, 4.69) is 43.1 Å². The Hall–Kier alpha value is -0.380. The molecule has 0 amide bonds. The van der Waals surface area contributed by atoms with Gasteiger partial charge in [0.2, 0.25) is 0 Å². The first-order valence-electron chi connectivity index (χ1n) is 8.73. The Balaban J connectivity index is 1.66. The third-order valence-corrected chi connectivity index (χ3v) is 6.35. The third-order valence-electron chi connectivity index (χ3n) is 5.33. The molecule has 21 heavy (non-hydrogen) atoms. The number of nitrogens with one attached hydrogen (secondary N) is 1. The first kappa shape index (κ1) is 15.5. The predicted octanol–water partition coefficient (Wildman–Crippen LogP) is 3.98. The number of nitrogens with zero attached hydrogens (tertiary/aromatic N) is 1. The van der Waals surface area contributed by atoms with Crippen LogP contribution < -0.4 is 5.32 Å². The van der Waals surface area contributed by atoms with Gasteiger partial charge in [0.25, 0.3) is 0 Å². The number of thiophene rings is 1. The molecule has 118 valence electrons. The van der Waals surface area contributed by atoms with Gasteiger partial charge in [-0.15, -0.1) is 11.3 Å². The van der Waals surface area contributed by atoms with Crippen LogP contribution >= 0.6 is 11.3 Å². The van der Waals surface area contributed by atoms with Gasteiger partial charge in [0.05, 0.1) is 0 Å². The van der Waals surface area contributed by atoms with Gasteiger partial charge in [-0.25, -0.2) is 0 Å². The zero-order valence-corrected chi connectivity index (χ0v) is 14.6. The van der Waals surface area contributed by atoms with Crippen molar-refractivity contribution in [2.45, 2.75) is 83.5 Å². The molecule has 2 aliphatic rings. The Morgan fingerprint density at radius 3 is 2.57 bits per heavy atom. The van der Waals surface area contributed by atoms with E-state index in [0.29, 0.717) is 6.04 Å². The molecule has 0 saturated carbocycles. The minimum Gasteiger partial charge on any atom is -0.314 e. The van der Waals surface area contributed by atoms with Crippen LogP contribution in [0.25, 0.3) is 0 Å². The number of fused-ring (bicyclic) bond motifs is 2. The van der Waals surface area contributed by atoms with E-state index in [1.807, 2.05) is 11.3 Å². The predicted molar refractivity (Wildman–Crippen MR) is 92.2 cm³/mol. The fourth-order valence-corrected chi connectivity index (χ4v) is 5.59. The minimum absolute atomic E-state index is 0.695. The van der Waals surface area contributed by atoms with Crippen molar-refractivity contribution >= 4 is 11.3 Å². The molecule has 3 heteroatoms. The lowest BCUT2D eigenvalue weighted by molar-refractivity contribution is -0.00467. The number of aryl methyl sites for hydroxylation is 1. The minimum atomic E-state index is 0.695. The zero-order chi connectivity index (χ0) is 14.8. The molecule has 0 aromatic carbocycles. The first-order chi connectivity index (χ1) is 10.2. The monoisotopic (exact) mass is 306 g/mol. The number of rotatable bonds is 5. The molecule has 0 spiro atoms. The molecule has 3 unspecified atom stereocenters. The molecule has 0 radical (unpaired) electrons. The highest BCUT2D eigenvalue weighted by molar-refractivity contribution is 7.11. The van der Waals surface area contributed by atoms with Crippen LogP contribution in [-0.4, -0.2) is 35.6 Å². The van der Waals surface area contributed by atoms with Gasteiger partial charge in [-0.05, 0) is 64.6 Å². The van der Waals surface area contributed by atoms with Crippen molar-refractivity contribution < 1.29 is 0 Å². The van der Waals surface area contributed by atoms with Crippen LogP contribution in [0.15, 0.2) is 12.1 Å². The second kappa shape index (κ2) is 6.80. The summed E-state index contributed by atoms with van der Waals surface area (Å²) in [6, 6.07) is 7.69. The fraction of sp³-hybridized carbons (Fsp3) is 0.778. The number of hydrogen-bond donors (Lipinski definition) is 1. The van der Waals surface area contributed by atoms with Crippen molar-refractivity contribution in [3.05, 3.63) is 21.9 Å². The Morgan fingerprint density at radius 2 is 2.00 bits per heavy atom. The van der Waals surface area contributed by atoms with Crippen molar-refractivity contribution in [2.75, 3.05) is 6.54 Å². The van der Waals surface area contributed by atoms with Crippen molar-refractivity contribution in [3.8, 4) is 0 Å². The summed E-state index contributed by atoms with van der Waals surface area (Å²) in [5, 5.41) is 3.70. The molecule has 2 aliphatic heterocycles. The van der Waals surface area contributed by atoms with Crippen LogP contribution in [0.1, 0.15) is 55.7 Å². The zero-order valence-electron chi connectivity index (χ0n) is 13.8. The summed E-state index contributed by atoms with van der Waals surface area (Å²) in [6.07, 6.45) is 8.21. The Bertz CT molecular complexity index is 442. The third kappa shape index (κ3) is 3.52. The lowest BCUT2D eigenvalue weighted by Gasteiger charge is -2.51. The van der Waals surface area contributed by atoms with Gasteiger partial charge in [-0.3, -0.25) is 4.90 Å². The maximum Gasteiger partial charge on any atom is 0.0121 e. The van der Waals surface area contributed by atoms with Crippen molar-refractivity contribution in [3.63, 3.8) is 0 Å². The van der Waals surface area contributed by atoms with E-state index in [1.165, 1.54) is 43.4 Å². The molecule has 1 N–H and O–H groups in total. The molecule has 2 saturated heterocycles. The number of hydrogen-bond acceptors (Lipinski definition) is 3. The van der Waals surface area contributed by atoms with Gasteiger partial charge in [-0.2, -0.15) is 0 Å².